The second-order valence-corrected chi connectivity index (χ2v) is 7.55. The highest BCUT2D eigenvalue weighted by molar-refractivity contribution is 7.13. The molecule has 0 aliphatic carbocycles. The van der Waals surface area contributed by atoms with E-state index >= 15 is 0 Å². The summed E-state index contributed by atoms with van der Waals surface area (Å²) in [5.41, 5.74) is 8.42. The summed E-state index contributed by atoms with van der Waals surface area (Å²) in [5, 5.41) is 12.5. The molecule has 0 bridgehead atoms. The molecule has 5 heteroatoms. The van der Waals surface area contributed by atoms with Crippen LogP contribution in [0.5, 0.6) is 0 Å². The third-order valence-electron chi connectivity index (χ3n) is 4.90. The van der Waals surface area contributed by atoms with Crippen molar-refractivity contribution < 1.29 is 4.74 Å². The van der Waals surface area contributed by atoms with Crippen LogP contribution in [0.1, 0.15) is 16.8 Å². The van der Waals surface area contributed by atoms with Crippen LogP contribution in [0.4, 0.5) is 0 Å². The van der Waals surface area contributed by atoms with Crippen LogP contribution in [0, 0.1) is 18.3 Å². The van der Waals surface area contributed by atoms with E-state index in [9.17, 15) is 0 Å². The van der Waals surface area contributed by atoms with Crippen molar-refractivity contribution in [1.82, 2.24) is 10.3 Å². The van der Waals surface area contributed by atoms with Gasteiger partial charge >= 0.3 is 0 Å². The standard InChI is InChI=1S/C22H21N3OS/c1-15-22(27-14-25-15)21-18(11-19-13-24-9-10-26-19)3-2-4-20(21)17-7-5-16(12-23)6-8-17/h2-8,14,19,24H,9-11,13H2,1H3. The van der Waals surface area contributed by atoms with Crippen LogP contribution >= 0.6 is 11.3 Å². The average Bonchev–Trinajstić information content (AvgIpc) is 3.14. The summed E-state index contributed by atoms with van der Waals surface area (Å²) in [7, 11) is 0. The van der Waals surface area contributed by atoms with Gasteiger partial charge in [-0.05, 0) is 35.7 Å². The molecule has 0 spiro atoms. The van der Waals surface area contributed by atoms with Crippen molar-refractivity contribution in [3.05, 3.63) is 64.8 Å². The van der Waals surface area contributed by atoms with Gasteiger partial charge in [-0.1, -0.05) is 30.3 Å². The van der Waals surface area contributed by atoms with E-state index in [1.807, 2.05) is 29.8 Å². The van der Waals surface area contributed by atoms with Crippen molar-refractivity contribution in [1.29, 1.82) is 5.26 Å². The molecule has 0 amide bonds. The highest BCUT2D eigenvalue weighted by atomic mass is 32.1. The summed E-state index contributed by atoms with van der Waals surface area (Å²) in [5.74, 6) is 0. The van der Waals surface area contributed by atoms with Crippen molar-refractivity contribution in [2.75, 3.05) is 19.7 Å². The minimum absolute atomic E-state index is 0.182. The highest BCUT2D eigenvalue weighted by Gasteiger charge is 2.20. The van der Waals surface area contributed by atoms with E-state index in [0.29, 0.717) is 5.56 Å². The van der Waals surface area contributed by atoms with Crippen molar-refractivity contribution in [3.63, 3.8) is 0 Å². The normalized spacial score (nSPS) is 16.8. The minimum atomic E-state index is 0.182. The van der Waals surface area contributed by atoms with E-state index in [0.717, 1.165) is 37.4 Å². The Labute approximate surface area is 163 Å². The Balaban J connectivity index is 1.81. The lowest BCUT2D eigenvalue weighted by atomic mass is 9.91. The maximum absolute atomic E-state index is 9.09. The zero-order chi connectivity index (χ0) is 18.6. The van der Waals surface area contributed by atoms with Gasteiger partial charge in [0.15, 0.2) is 0 Å². The SMILES string of the molecule is Cc1ncsc1-c1c(CC2CNCCO2)cccc1-c1ccc(C#N)cc1. The van der Waals surface area contributed by atoms with Gasteiger partial charge in [0.2, 0.25) is 0 Å². The van der Waals surface area contributed by atoms with Gasteiger partial charge in [0.25, 0.3) is 0 Å². The van der Waals surface area contributed by atoms with Crippen LogP contribution < -0.4 is 5.32 Å². The van der Waals surface area contributed by atoms with E-state index in [2.05, 4.69) is 41.5 Å². The molecule has 2 aromatic carbocycles. The molecule has 1 aromatic heterocycles. The molecule has 136 valence electrons. The molecule has 27 heavy (non-hydrogen) atoms. The fourth-order valence-electron chi connectivity index (χ4n) is 3.54. The van der Waals surface area contributed by atoms with Crippen LogP contribution in [-0.2, 0) is 11.2 Å². The number of aryl methyl sites for hydroxylation is 1. The number of hydrogen-bond acceptors (Lipinski definition) is 5. The van der Waals surface area contributed by atoms with Crippen LogP contribution in [0.2, 0.25) is 0 Å². The molecule has 2 heterocycles. The lowest BCUT2D eigenvalue weighted by molar-refractivity contribution is 0.0293. The Bertz CT molecular complexity index is 966. The molecule has 1 fully saturated rings. The Kier molecular flexibility index (Phi) is 5.30. The highest BCUT2D eigenvalue weighted by Crippen LogP contribution is 2.39. The first-order valence-electron chi connectivity index (χ1n) is 9.11. The molecule has 1 atom stereocenters. The number of nitrogens with one attached hydrogen (secondary N) is 1. The monoisotopic (exact) mass is 375 g/mol. The molecule has 0 saturated carbocycles. The quantitative estimate of drug-likeness (QED) is 0.743. The second-order valence-electron chi connectivity index (χ2n) is 6.70. The molecule has 3 aromatic rings. The molecule has 4 nitrogen and oxygen atoms in total. The third kappa shape index (κ3) is 3.79. The number of nitrogens with zero attached hydrogens (tertiary/aromatic N) is 2. The molecule has 0 radical (unpaired) electrons. The third-order valence-corrected chi connectivity index (χ3v) is 5.85. The number of ether oxygens (including phenoxy) is 1. The summed E-state index contributed by atoms with van der Waals surface area (Å²) >= 11 is 1.68. The zero-order valence-corrected chi connectivity index (χ0v) is 16.1. The van der Waals surface area contributed by atoms with Gasteiger partial charge < -0.3 is 10.1 Å². The lowest BCUT2D eigenvalue weighted by Gasteiger charge is -2.25. The summed E-state index contributed by atoms with van der Waals surface area (Å²) in [6, 6.07) is 16.4. The molecule has 1 aliphatic heterocycles. The smallest absolute Gasteiger partial charge is 0.0991 e. The topological polar surface area (TPSA) is 57.9 Å². The first-order valence-corrected chi connectivity index (χ1v) is 9.99. The van der Waals surface area contributed by atoms with E-state index < -0.39 is 0 Å². The fourth-order valence-corrected chi connectivity index (χ4v) is 4.44. The Morgan fingerprint density at radius 1 is 1.26 bits per heavy atom. The first-order chi connectivity index (χ1) is 13.3. The predicted octanol–water partition coefficient (Wildman–Crippen LogP) is 4.19. The van der Waals surface area contributed by atoms with Gasteiger partial charge in [-0.25, -0.2) is 4.98 Å². The van der Waals surface area contributed by atoms with E-state index in [-0.39, 0.29) is 6.10 Å². The van der Waals surface area contributed by atoms with E-state index in [1.54, 1.807) is 11.3 Å². The van der Waals surface area contributed by atoms with Gasteiger partial charge in [0.1, 0.15) is 0 Å². The largest absolute Gasteiger partial charge is 0.375 e. The molecule has 1 saturated heterocycles. The zero-order valence-electron chi connectivity index (χ0n) is 15.2. The van der Waals surface area contributed by atoms with Gasteiger partial charge in [-0.2, -0.15) is 5.26 Å². The maximum atomic E-state index is 9.09. The number of rotatable bonds is 4. The van der Waals surface area contributed by atoms with Crippen molar-refractivity contribution >= 4 is 11.3 Å². The molecule has 4 rings (SSSR count). The Morgan fingerprint density at radius 2 is 2.11 bits per heavy atom. The van der Waals surface area contributed by atoms with Crippen molar-refractivity contribution in [3.8, 4) is 27.6 Å². The number of hydrogen-bond donors (Lipinski definition) is 1. The van der Waals surface area contributed by atoms with Gasteiger partial charge in [-0.15, -0.1) is 11.3 Å². The maximum Gasteiger partial charge on any atom is 0.0991 e. The molecular weight excluding hydrogens is 354 g/mol. The lowest BCUT2D eigenvalue weighted by Crippen LogP contribution is -2.39. The predicted molar refractivity (Wildman–Crippen MR) is 109 cm³/mol. The van der Waals surface area contributed by atoms with E-state index in [4.69, 9.17) is 10.00 Å². The van der Waals surface area contributed by atoms with E-state index in [1.165, 1.54) is 21.6 Å². The number of benzene rings is 2. The summed E-state index contributed by atoms with van der Waals surface area (Å²) in [6.07, 6.45) is 1.05. The number of thiazole rings is 1. The van der Waals surface area contributed by atoms with Crippen LogP contribution in [0.25, 0.3) is 21.6 Å². The van der Waals surface area contributed by atoms with Crippen LogP contribution in [-0.4, -0.2) is 30.8 Å². The molecule has 1 aliphatic rings. The fraction of sp³-hybridized carbons (Fsp3) is 0.273. The summed E-state index contributed by atoms with van der Waals surface area (Å²) < 4.78 is 5.95. The number of aromatic nitrogens is 1. The average molecular weight is 375 g/mol. The van der Waals surface area contributed by atoms with Crippen molar-refractivity contribution in [2.45, 2.75) is 19.4 Å². The summed E-state index contributed by atoms with van der Waals surface area (Å²) in [4.78, 5) is 5.68. The Morgan fingerprint density at radius 3 is 2.78 bits per heavy atom. The number of morpholine rings is 1. The first kappa shape index (κ1) is 17.9. The minimum Gasteiger partial charge on any atom is -0.375 e. The second kappa shape index (κ2) is 8.01. The van der Waals surface area contributed by atoms with Gasteiger partial charge in [-0.3, -0.25) is 0 Å². The van der Waals surface area contributed by atoms with Crippen molar-refractivity contribution in [2.24, 2.45) is 0 Å². The number of nitriles is 1. The molecular formula is C22H21N3OS. The van der Waals surface area contributed by atoms with Gasteiger partial charge in [0.05, 0.1) is 40.4 Å². The van der Waals surface area contributed by atoms with Crippen LogP contribution in [0.15, 0.2) is 48.0 Å². The van der Waals surface area contributed by atoms with Crippen LogP contribution in [0.3, 0.4) is 0 Å². The molecule has 1 N–H and O–H groups in total. The summed E-state index contributed by atoms with van der Waals surface area (Å²) in [6.45, 7) is 4.61. The molecule has 1 unspecified atom stereocenters. The van der Waals surface area contributed by atoms with Gasteiger partial charge in [0, 0.05) is 25.1 Å². The Hall–Kier alpha value is -2.52.